The molecule has 2 aliphatic heterocycles. The highest BCUT2D eigenvalue weighted by atomic mass is 16.2. The lowest BCUT2D eigenvalue weighted by Gasteiger charge is -2.42. The Morgan fingerprint density at radius 3 is 2.43 bits per heavy atom. The molecule has 3 amide bonds. The molecule has 8 nitrogen and oxygen atoms in total. The van der Waals surface area contributed by atoms with Gasteiger partial charge in [-0.2, -0.15) is 4.98 Å². The first kappa shape index (κ1) is 20.1. The average molecular weight is 409 g/mol. The molecule has 3 heterocycles. The van der Waals surface area contributed by atoms with Gasteiger partial charge in [-0.15, -0.1) is 0 Å². The van der Waals surface area contributed by atoms with Gasteiger partial charge in [-0.05, 0) is 32.3 Å². The number of nitrogens with one attached hydrogen (secondary N) is 1. The van der Waals surface area contributed by atoms with Crippen LogP contribution < -0.4 is 10.2 Å². The molecule has 1 spiro atoms. The summed E-state index contributed by atoms with van der Waals surface area (Å²) < 4.78 is 0. The van der Waals surface area contributed by atoms with Crippen molar-refractivity contribution in [3.63, 3.8) is 0 Å². The Hall–Kier alpha value is -3.16. The number of aryl methyl sites for hydroxylation is 1. The first-order valence-electron chi connectivity index (χ1n) is 10.4. The number of hydrogen-bond acceptors (Lipinski definition) is 6. The van der Waals surface area contributed by atoms with Crippen LogP contribution in [0.25, 0.3) is 0 Å². The van der Waals surface area contributed by atoms with Crippen molar-refractivity contribution in [1.29, 1.82) is 0 Å². The summed E-state index contributed by atoms with van der Waals surface area (Å²) >= 11 is 0. The minimum Gasteiger partial charge on any atom is -0.373 e. The lowest BCUT2D eigenvalue weighted by Crippen LogP contribution is -2.56. The zero-order chi connectivity index (χ0) is 21.3. The fourth-order valence-electron chi connectivity index (χ4n) is 4.43. The number of likely N-dealkylation sites (N-methyl/N-ethyl adjacent to an activating group) is 1. The minimum atomic E-state index is -0.797. The second-order valence-corrected chi connectivity index (χ2v) is 7.87. The van der Waals surface area contributed by atoms with Gasteiger partial charge in [-0.3, -0.25) is 9.69 Å². The summed E-state index contributed by atoms with van der Waals surface area (Å²) in [5.74, 6) is 1.35. The topological polar surface area (TPSA) is 81.7 Å². The maximum atomic E-state index is 13.3. The van der Waals surface area contributed by atoms with E-state index in [1.165, 1.54) is 4.90 Å². The van der Waals surface area contributed by atoms with Crippen molar-refractivity contribution >= 4 is 23.7 Å². The fourth-order valence-corrected chi connectivity index (χ4v) is 4.43. The van der Waals surface area contributed by atoms with Crippen molar-refractivity contribution in [2.75, 3.05) is 36.9 Å². The molecule has 2 aromatic rings. The highest BCUT2D eigenvalue weighted by Gasteiger charge is 2.57. The van der Waals surface area contributed by atoms with E-state index in [2.05, 4.69) is 20.2 Å². The highest BCUT2D eigenvalue weighted by Crippen LogP contribution is 2.39. The molecule has 1 aromatic heterocycles. The molecule has 2 aliphatic rings. The summed E-state index contributed by atoms with van der Waals surface area (Å²) in [6, 6.07) is 11.6. The summed E-state index contributed by atoms with van der Waals surface area (Å²) in [5, 5.41) is 3.07. The Balaban J connectivity index is 1.59. The quantitative estimate of drug-likeness (QED) is 0.766. The lowest BCUT2D eigenvalue weighted by molar-refractivity contribution is -0.134. The van der Waals surface area contributed by atoms with Crippen LogP contribution in [0.15, 0.2) is 36.4 Å². The van der Waals surface area contributed by atoms with Crippen LogP contribution in [0, 0.1) is 6.92 Å². The second-order valence-electron chi connectivity index (χ2n) is 7.87. The third-order valence-corrected chi connectivity index (χ3v) is 6.09. The Bertz CT molecular complexity index is 940. The van der Waals surface area contributed by atoms with E-state index in [9.17, 15) is 9.59 Å². The zero-order valence-corrected chi connectivity index (χ0v) is 17.8. The number of carbonyl (C=O) groups excluding carboxylic acids is 2. The number of benzene rings is 1. The summed E-state index contributed by atoms with van der Waals surface area (Å²) in [5.41, 5.74) is 1.12. The number of anilines is 2. The van der Waals surface area contributed by atoms with Crippen LogP contribution in [0.1, 0.15) is 31.0 Å². The number of piperidine rings is 1. The Kier molecular flexibility index (Phi) is 5.32. The number of nitrogens with zero attached hydrogens (tertiary/aromatic N) is 5. The second kappa shape index (κ2) is 7.93. The third-order valence-electron chi connectivity index (χ3n) is 6.09. The van der Waals surface area contributed by atoms with E-state index >= 15 is 0 Å². The van der Waals surface area contributed by atoms with E-state index in [-0.39, 0.29) is 11.9 Å². The predicted octanol–water partition coefficient (Wildman–Crippen LogP) is 2.65. The summed E-state index contributed by atoms with van der Waals surface area (Å²) in [7, 11) is 1.83. The third kappa shape index (κ3) is 3.36. The average Bonchev–Trinajstić information content (AvgIpc) is 2.95. The SMILES string of the molecule is CCN1C(=O)N(Cc2ccccc2)C2(CCN(c3nc(C)cc(NC)n3)CC2)C1=O. The van der Waals surface area contributed by atoms with Gasteiger partial charge in [0, 0.05) is 45.0 Å². The summed E-state index contributed by atoms with van der Waals surface area (Å²) in [6.07, 6.45) is 1.13. The standard InChI is InChI=1S/C22H28N6O2/c1-4-27-19(29)22(28(21(27)30)15-17-8-6-5-7-9-17)10-12-26(13-11-22)20-24-16(2)14-18(23-3)25-20/h5-9,14H,4,10-13,15H2,1-3H3,(H,23,24,25). The van der Waals surface area contributed by atoms with Crippen LogP contribution in [-0.4, -0.2) is 63.9 Å². The van der Waals surface area contributed by atoms with E-state index in [0.29, 0.717) is 45.0 Å². The van der Waals surface area contributed by atoms with Gasteiger partial charge >= 0.3 is 6.03 Å². The van der Waals surface area contributed by atoms with Gasteiger partial charge in [0.15, 0.2) is 0 Å². The minimum absolute atomic E-state index is 0.0772. The first-order chi connectivity index (χ1) is 14.5. The molecule has 4 rings (SSSR count). The zero-order valence-electron chi connectivity index (χ0n) is 17.8. The maximum Gasteiger partial charge on any atom is 0.327 e. The molecular weight excluding hydrogens is 380 g/mol. The summed E-state index contributed by atoms with van der Waals surface area (Å²) in [6.45, 7) is 5.86. The molecule has 0 aliphatic carbocycles. The van der Waals surface area contributed by atoms with Crippen LogP contribution in [0.2, 0.25) is 0 Å². The number of aromatic nitrogens is 2. The molecule has 0 radical (unpaired) electrons. The van der Waals surface area contributed by atoms with Crippen LogP contribution in [0.5, 0.6) is 0 Å². The maximum absolute atomic E-state index is 13.3. The van der Waals surface area contributed by atoms with Gasteiger partial charge in [0.2, 0.25) is 5.95 Å². The Morgan fingerprint density at radius 1 is 1.10 bits per heavy atom. The normalized spacial score (nSPS) is 18.4. The van der Waals surface area contributed by atoms with Gasteiger partial charge < -0.3 is 15.1 Å². The molecule has 2 fully saturated rings. The van der Waals surface area contributed by atoms with E-state index in [1.807, 2.05) is 57.3 Å². The molecule has 0 unspecified atom stereocenters. The van der Waals surface area contributed by atoms with Gasteiger partial charge in [-0.25, -0.2) is 9.78 Å². The predicted molar refractivity (Wildman–Crippen MR) is 115 cm³/mol. The lowest BCUT2D eigenvalue weighted by atomic mass is 9.85. The van der Waals surface area contributed by atoms with Crippen molar-refractivity contribution in [2.45, 2.75) is 38.8 Å². The van der Waals surface area contributed by atoms with Crippen molar-refractivity contribution in [1.82, 2.24) is 19.8 Å². The number of amides is 3. The number of carbonyl (C=O) groups is 2. The first-order valence-corrected chi connectivity index (χ1v) is 10.4. The molecule has 30 heavy (non-hydrogen) atoms. The summed E-state index contributed by atoms with van der Waals surface area (Å²) in [4.78, 5) is 40.8. The van der Waals surface area contributed by atoms with Crippen LogP contribution in [0.3, 0.4) is 0 Å². The van der Waals surface area contributed by atoms with Crippen LogP contribution in [0.4, 0.5) is 16.6 Å². The number of hydrogen-bond donors (Lipinski definition) is 1. The van der Waals surface area contributed by atoms with Crippen molar-refractivity contribution < 1.29 is 9.59 Å². The molecule has 0 saturated carbocycles. The smallest absolute Gasteiger partial charge is 0.327 e. The number of imide groups is 1. The van der Waals surface area contributed by atoms with E-state index in [4.69, 9.17) is 0 Å². The van der Waals surface area contributed by atoms with Gasteiger partial charge in [0.1, 0.15) is 11.4 Å². The fraction of sp³-hybridized carbons (Fsp3) is 0.455. The monoisotopic (exact) mass is 408 g/mol. The molecule has 158 valence electrons. The van der Waals surface area contributed by atoms with Crippen LogP contribution in [-0.2, 0) is 11.3 Å². The van der Waals surface area contributed by atoms with Crippen LogP contribution >= 0.6 is 0 Å². The molecule has 2 saturated heterocycles. The van der Waals surface area contributed by atoms with Crippen molar-refractivity contribution in [3.8, 4) is 0 Å². The molecule has 1 aromatic carbocycles. The van der Waals surface area contributed by atoms with E-state index in [0.717, 1.165) is 17.1 Å². The van der Waals surface area contributed by atoms with Gasteiger partial charge in [-0.1, -0.05) is 30.3 Å². The molecule has 0 atom stereocenters. The molecular formula is C22H28N6O2. The highest BCUT2D eigenvalue weighted by molar-refractivity contribution is 6.07. The van der Waals surface area contributed by atoms with Crippen molar-refractivity contribution in [3.05, 3.63) is 47.7 Å². The Labute approximate surface area is 176 Å². The largest absolute Gasteiger partial charge is 0.373 e. The Morgan fingerprint density at radius 2 is 1.80 bits per heavy atom. The van der Waals surface area contributed by atoms with Gasteiger partial charge in [0.25, 0.3) is 5.91 Å². The van der Waals surface area contributed by atoms with Crippen molar-refractivity contribution in [2.24, 2.45) is 0 Å². The number of rotatable bonds is 5. The van der Waals surface area contributed by atoms with E-state index < -0.39 is 5.54 Å². The van der Waals surface area contributed by atoms with Gasteiger partial charge in [0.05, 0.1) is 0 Å². The van der Waals surface area contributed by atoms with E-state index in [1.54, 1.807) is 4.90 Å². The number of urea groups is 1. The molecule has 0 bridgehead atoms. The molecule has 8 heteroatoms. The molecule has 1 N–H and O–H groups in total.